The van der Waals surface area contributed by atoms with Crippen LogP contribution in [0, 0.1) is 12.8 Å². The van der Waals surface area contributed by atoms with Crippen molar-refractivity contribution >= 4 is 31.2 Å². The summed E-state index contributed by atoms with van der Waals surface area (Å²) in [6.07, 6.45) is 8.51. The Kier molecular flexibility index (Phi) is 77.4. The van der Waals surface area contributed by atoms with Gasteiger partial charge in [-0.3, -0.25) is 4.99 Å². The summed E-state index contributed by atoms with van der Waals surface area (Å²) in [5.74, 6) is 0.508. The molecule has 0 unspecified atom stereocenters. The Morgan fingerprint density at radius 3 is 1.67 bits per heavy atom. The first-order valence-corrected chi connectivity index (χ1v) is 5.98. The molecule has 8 N–H and O–H groups in total. The van der Waals surface area contributed by atoms with Crippen molar-refractivity contribution in [1.29, 1.82) is 0 Å². The summed E-state index contributed by atoms with van der Waals surface area (Å²) in [7, 11) is 0. The second-order valence-corrected chi connectivity index (χ2v) is 3.60. The molecular formula is C16H43N5O2S. The van der Waals surface area contributed by atoms with E-state index in [2.05, 4.69) is 24.0 Å². The first-order valence-electron chi connectivity index (χ1n) is 5.84. The van der Waals surface area contributed by atoms with Gasteiger partial charge in [0.15, 0.2) is 5.96 Å². The fourth-order valence-corrected chi connectivity index (χ4v) is 0.732. The highest BCUT2D eigenvalue weighted by Crippen LogP contribution is 1.91. The van der Waals surface area contributed by atoms with Crippen LogP contribution in [0.25, 0.3) is 0 Å². The van der Waals surface area contributed by atoms with Crippen molar-refractivity contribution in [3.8, 4) is 12.8 Å². The summed E-state index contributed by atoms with van der Waals surface area (Å²) in [6.45, 7) is 0.532. The van der Waals surface area contributed by atoms with Crippen molar-refractivity contribution in [2.24, 2.45) is 27.9 Å². The molecule has 0 aromatic heterocycles. The SMILES string of the molecule is C.C.C.C.C.NC(N)=NCCC[C@@H](N)C=O.N[C@@H](C=O)CS.[3H]C#C. The number of thiol groups is 1. The molecule has 8 heteroatoms. The van der Waals surface area contributed by atoms with Gasteiger partial charge >= 0.3 is 0 Å². The molecule has 0 aromatic carbocycles. The minimum Gasteiger partial charge on any atom is -0.370 e. The number of nitrogens with two attached hydrogens (primary N) is 4. The van der Waals surface area contributed by atoms with Crippen molar-refractivity contribution in [2.45, 2.75) is 62.1 Å². The van der Waals surface area contributed by atoms with Crippen molar-refractivity contribution in [3.63, 3.8) is 0 Å². The fraction of sp³-hybridized carbons (Fsp3) is 0.688. The lowest BCUT2D eigenvalue weighted by Gasteiger charge is -2.00. The lowest BCUT2D eigenvalue weighted by atomic mass is 10.2. The van der Waals surface area contributed by atoms with Gasteiger partial charge in [-0.2, -0.15) is 12.6 Å². The van der Waals surface area contributed by atoms with Crippen LogP contribution >= 0.6 is 12.6 Å². The monoisotopic (exact) mass is 371 g/mol. The Labute approximate surface area is 157 Å². The highest BCUT2D eigenvalue weighted by Gasteiger charge is 1.97. The van der Waals surface area contributed by atoms with Crippen LogP contribution in [0.2, 0.25) is 0 Å². The maximum atomic E-state index is 10.0. The van der Waals surface area contributed by atoms with Gasteiger partial charge in [-0.1, -0.05) is 37.1 Å². The van der Waals surface area contributed by atoms with Gasteiger partial charge in [-0.25, -0.2) is 0 Å². The smallest absolute Gasteiger partial charge is 0.185 e. The van der Waals surface area contributed by atoms with E-state index in [0.717, 1.165) is 12.7 Å². The molecule has 24 heavy (non-hydrogen) atoms. The topological polar surface area (TPSA) is 151 Å². The third-order valence-corrected chi connectivity index (χ3v) is 1.97. The quantitative estimate of drug-likeness (QED) is 0.114. The van der Waals surface area contributed by atoms with E-state index in [1.54, 1.807) is 0 Å². The Morgan fingerprint density at radius 2 is 1.46 bits per heavy atom. The molecule has 0 saturated carbocycles. The number of carbonyl (C=O) groups is 2. The van der Waals surface area contributed by atoms with E-state index in [0.29, 0.717) is 25.0 Å². The summed E-state index contributed by atoms with van der Waals surface area (Å²) in [5.41, 5.74) is 20.5. The van der Waals surface area contributed by atoms with Gasteiger partial charge < -0.3 is 32.5 Å². The maximum Gasteiger partial charge on any atom is 0.185 e. The van der Waals surface area contributed by atoms with Crippen molar-refractivity contribution in [2.75, 3.05) is 12.3 Å². The number of carbonyl (C=O) groups excluding carboxylic acids is 2. The fourth-order valence-electron chi connectivity index (χ4n) is 0.646. The molecule has 0 aliphatic heterocycles. The molecule has 150 valence electrons. The Balaban J connectivity index is -0.0000000303. The van der Waals surface area contributed by atoms with Crippen LogP contribution in [0.4, 0.5) is 0 Å². The zero-order valence-corrected chi connectivity index (χ0v) is 11.6. The number of aliphatic imine (C=N–C) groups is 1. The first kappa shape index (κ1) is 43.3. The van der Waals surface area contributed by atoms with Crippen LogP contribution < -0.4 is 22.9 Å². The Morgan fingerprint density at radius 1 is 1.08 bits per heavy atom. The third-order valence-electron chi connectivity index (χ3n) is 1.55. The Hall–Kier alpha value is -1.56. The van der Waals surface area contributed by atoms with Gasteiger partial charge in [0.25, 0.3) is 0 Å². The number of guanidine groups is 1. The zero-order chi connectivity index (χ0) is 16.4. The number of rotatable bonds is 7. The first-order chi connectivity index (χ1) is 9.39. The molecular weight excluding hydrogens is 326 g/mol. The summed E-state index contributed by atoms with van der Waals surface area (Å²) < 4.78 is 5.74. The molecule has 7 nitrogen and oxygen atoms in total. The summed E-state index contributed by atoms with van der Waals surface area (Å²) in [6, 6.07) is -0.766. The Bertz CT molecular complexity index is 309. The molecule has 0 aromatic rings. The molecule has 0 aliphatic carbocycles. The van der Waals surface area contributed by atoms with Crippen LogP contribution in [0.1, 0.15) is 51.3 Å². The lowest BCUT2D eigenvalue weighted by molar-refractivity contribution is -0.109. The highest BCUT2D eigenvalue weighted by atomic mass is 32.1. The summed E-state index contributed by atoms with van der Waals surface area (Å²) >= 11 is 3.74. The number of hydrogen-bond acceptors (Lipinski definition) is 6. The molecule has 0 aliphatic rings. The average Bonchev–Trinajstić information content (AvgIpc) is 2.43. The molecule has 0 saturated heterocycles. The normalized spacial score (nSPS) is 9.33. The van der Waals surface area contributed by atoms with E-state index >= 15 is 0 Å². The van der Waals surface area contributed by atoms with E-state index in [1.807, 2.05) is 0 Å². The van der Waals surface area contributed by atoms with E-state index in [1.165, 1.54) is 6.40 Å². The number of aldehydes is 2. The molecule has 0 heterocycles. The van der Waals surface area contributed by atoms with E-state index < -0.39 is 0 Å². The predicted octanol–water partition coefficient (Wildman–Crippen LogP) is 1.44. The molecule has 2 atom stereocenters. The summed E-state index contributed by atoms with van der Waals surface area (Å²) in [4.78, 5) is 23.3. The number of terminal acetylenes is 1. The largest absolute Gasteiger partial charge is 0.370 e. The molecule has 0 fully saturated rings. The number of hydrogen-bond donors (Lipinski definition) is 5. The van der Waals surface area contributed by atoms with Gasteiger partial charge in [0.05, 0.1) is 12.1 Å². The lowest BCUT2D eigenvalue weighted by Crippen LogP contribution is -2.24. The van der Waals surface area contributed by atoms with Crippen molar-refractivity contribution < 1.29 is 11.0 Å². The van der Waals surface area contributed by atoms with E-state index in [9.17, 15) is 9.59 Å². The average molecular weight is 372 g/mol. The zero-order valence-electron chi connectivity index (χ0n) is 11.7. The molecule has 0 amide bonds. The van der Waals surface area contributed by atoms with Crippen molar-refractivity contribution in [3.05, 3.63) is 0 Å². The minimum absolute atomic E-state index is 0. The van der Waals surface area contributed by atoms with Crippen LogP contribution in [0.5, 0.6) is 0 Å². The molecule has 0 rings (SSSR count). The van der Waals surface area contributed by atoms with Gasteiger partial charge in [-0.15, -0.1) is 12.8 Å². The second kappa shape index (κ2) is 43.0. The number of nitrogens with zero attached hydrogens (tertiary/aromatic N) is 1. The summed E-state index contributed by atoms with van der Waals surface area (Å²) in [5, 5.41) is 0. The van der Waals surface area contributed by atoms with Gasteiger partial charge in [0, 0.05) is 12.3 Å². The molecule has 0 spiro atoms. The second-order valence-electron chi connectivity index (χ2n) is 3.23. The molecule has 0 bridgehead atoms. The molecule has 0 radical (unpaired) electrons. The maximum absolute atomic E-state index is 10.0. The van der Waals surface area contributed by atoms with Crippen LogP contribution in [-0.2, 0) is 9.59 Å². The third kappa shape index (κ3) is 59.0. The minimum atomic E-state index is -0.385. The van der Waals surface area contributed by atoms with E-state index in [4.69, 9.17) is 24.3 Å². The van der Waals surface area contributed by atoms with Crippen LogP contribution in [0.3, 0.4) is 0 Å². The van der Waals surface area contributed by atoms with Gasteiger partial charge in [0.2, 0.25) is 0 Å². The van der Waals surface area contributed by atoms with Crippen LogP contribution in [-0.4, -0.2) is 42.9 Å². The van der Waals surface area contributed by atoms with Crippen molar-refractivity contribution in [1.82, 2.24) is 0 Å². The van der Waals surface area contributed by atoms with Gasteiger partial charge in [0.1, 0.15) is 13.9 Å². The standard InChI is InChI=1S/C6H14N4O.C3H7NOS.C2H2.5CH4/c7-5(4-11)2-1-3-10-6(8)9;4-3(1-5)2-6;1-2;;;;;/h4-5H,1-3,7H2,(H4,8,9,10);1,3,6H,2,4H2;1-2H;5*1H4/t5-;3-;;;;;;/m10....../s1/i;;1T;;;;;. The predicted molar refractivity (Wildman–Crippen MR) is 115 cm³/mol. The van der Waals surface area contributed by atoms with Crippen LogP contribution in [0.15, 0.2) is 4.99 Å². The highest BCUT2D eigenvalue weighted by molar-refractivity contribution is 7.80. The van der Waals surface area contributed by atoms with Gasteiger partial charge in [-0.05, 0) is 12.8 Å². The van der Waals surface area contributed by atoms with E-state index in [-0.39, 0.29) is 55.2 Å².